The van der Waals surface area contributed by atoms with Crippen LogP contribution >= 0.6 is 23.2 Å². The van der Waals surface area contributed by atoms with E-state index >= 15 is 0 Å². The Hall–Kier alpha value is -0.240. The van der Waals surface area contributed by atoms with Crippen LogP contribution in [-0.2, 0) is 6.42 Å². The van der Waals surface area contributed by atoms with Crippen LogP contribution in [0.25, 0.3) is 0 Å². The Morgan fingerprint density at radius 3 is 2.74 bits per heavy atom. The first-order valence-corrected chi connectivity index (χ1v) is 7.97. The topological polar surface area (TPSA) is 12.0 Å². The molecule has 3 unspecified atom stereocenters. The van der Waals surface area contributed by atoms with Gasteiger partial charge < -0.3 is 5.32 Å². The molecule has 3 rings (SSSR count). The number of hydrogen-bond donors (Lipinski definition) is 1. The van der Waals surface area contributed by atoms with Crippen molar-refractivity contribution in [1.82, 2.24) is 5.32 Å². The first kappa shape index (κ1) is 13.7. The molecule has 2 aliphatic carbocycles. The third-order valence-corrected chi connectivity index (χ3v) is 5.78. The molecule has 3 heteroatoms. The van der Waals surface area contributed by atoms with Gasteiger partial charge in [-0.3, -0.25) is 0 Å². The molecule has 1 aromatic carbocycles. The molecule has 0 aromatic heterocycles. The minimum atomic E-state index is 0.412. The molecular weight excluding hydrogens is 277 g/mol. The predicted molar refractivity (Wildman–Crippen MR) is 82.0 cm³/mol. The minimum Gasteiger partial charge on any atom is -0.319 e. The van der Waals surface area contributed by atoms with E-state index in [1.165, 1.54) is 31.2 Å². The lowest BCUT2D eigenvalue weighted by atomic mass is 9.69. The normalized spacial score (nSPS) is 33.0. The largest absolute Gasteiger partial charge is 0.319 e. The van der Waals surface area contributed by atoms with Gasteiger partial charge in [0.15, 0.2) is 0 Å². The lowest BCUT2D eigenvalue weighted by molar-refractivity contribution is 0.160. The van der Waals surface area contributed by atoms with Gasteiger partial charge in [0.05, 0.1) is 0 Å². The standard InChI is InChI=1S/C16H21Cl2N/c1-19-10-16(8-11-2-4-13(16)6-11)9-12-3-5-14(17)7-15(12)18/h3,5,7,11,13,19H,2,4,6,8-10H2,1H3. The van der Waals surface area contributed by atoms with Gasteiger partial charge in [-0.15, -0.1) is 0 Å². The Labute approximate surface area is 125 Å². The van der Waals surface area contributed by atoms with Gasteiger partial charge in [-0.25, -0.2) is 0 Å². The molecule has 104 valence electrons. The van der Waals surface area contributed by atoms with Crippen molar-refractivity contribution in [2.45, 2.75) is 32.1 Å². The molecule has 0 aliphatic heterocycles. The molecule has 2 aliphatic rings. The quantitative estimate of drug-likeness (QED) is 0.859. The summed E-state index contributed by atoms with van der Waals surface area (Å²) in [4.78, 5) is 0. The van der Waals surface area contributed by atoms with E-state index in [1.807, 2.05) is 12.1 Å². The van der Waals surface area contributed by atoms with E-state index in [9.17, 15) is 0 Å². The minimum absolute atomic E-state index is 0.412. The highest BCUT2D eigenvalue weighted by Crippen LogP contribution is 2.57. The van der Waals surface area contributed by atoms with Gasteiger partial charge in [0.25, 0.3) is 0 Å². The zero-order valence-electron chi connectivity index (χ0n) is 11.4. The van der Waals surface area contributed by atoms with E-state index < -0.39 is 0 Å². The average molecular weight is 298 g/mol. The number of hydrogen-bond acceptors (Lipinski definition) is 1. The average Bonchev–Trinajstić information content (AvgIpc) is 2.94. The first-order valence-electron chi connectivity index (χ1n) is 7.21. The van der Waals surface area contributed by atoms with Crippen molar-refractivity contribution < 1.29 is 0 Å². The number of halogens is 2. The van der Waals surface area contributed by atoms with Crippen molar-refractivity contribution in [3.05, 3.63) is 33.8 Å². The SMILES string of the molecule is CNCC1(Cc2ccc(Cl)cc2Cl)CC2CCC1C2. The van der Waals surface area contributed by atoms with E-state index in [-0.39, 0.29) is 0 Å². The molecule has 0 radical (unpaired) electrons. The number of benzene rings is 1. The zero-order chi connectivity index (χ0) is 13.5. The summed E-state index contributed by atoms with van der Waals surface area (Å²) in [6.07, 6.45) is 6.71. The second-order valence-electron chi connectivity index (χ2n) is 6.39. The highest BCUT2D eigenvalue weighted by molar-refractivity contribution is 6.35. The summed E-state index contributed by atoms with van der Waals surface area (Å²) >= 11 is 12.4. The fourth-order valence-corrected chi connectivity index (χ4v) is 4.93. The Balaban J connectivity index is 1.86. The van der Waals surface area contributed by atoms with Gasteiger partial charge in [0.2, 0.25) is 0 Å². The summed E-state index contributed by atoms with van der Waals surface area (Å²) in [5, 5.41) is 4.97. The van der Waals surface area contributed by atoms with E-state index in [0.717, 1.165) is 34.8 Å². The molecule has 0 saturated heterocycles. The van der Waals surface area contributed by atoms with E-state index in [0.29, 0.717) is 5.41 Å². The van der Waals surface area contributed by atoms with Crippen molar-refractivity contribution in [1.29, 1.82) is 0 Å². The third-order valence-electron chi connectivity index (χ3n) is 5.19. The lowest BCUT2D eigenvalue weighted by Gasteiger charge is -2.38. The van der Waals surface area contributed by atoms with Gasteiger partial charge in [-0.2, -0.15) is 0 Å². The van der Waals surface area contributed by atoms with Crippen LogP contribution in [0.15, 0.2) is 18.2 Å². The van der Waals surface area contributed by atoms with Gasteiger partial charge in [0.1, 0.15) is 0 Å². The fourth-order valence-electron chi connectivity index (χ4n) is 4.45. The summed E-state index contributed by atoms with van der Waals surface area (Å²) in [6, 6.07) is 5.94. The Bertz CT molecular complexity index is 474. The van der Waals surface area contributed by atoms with E-state index in [4.69, 9.17) is 23.2 Å². The van der Waals surface area contributed by atoms with E-state index in [2.05, 4.69) is 18.4 Å². The predicted octanol–water partition coefficient (Wildman–Crippen LogP) is 4.56. The molecule has 19 heavy (non-hydrogen) atoms. The summed E-state index contributed by atoms with van der Waals surface area (Å²) in [6.45, 7) is 1.10. The van der Waals surface area contributed by atoms with Crippen molar-refractivity contribution in [3.8, 4) is 0 Å². The van der Waals surface area contributed by atoms with Gasteiger partial charge in [-0.05, 0) is 67.7 Å². The molecule has 2 saturated carbocycles. The fraction of sp³-hybridized carbons (Fsp3) is 0.625. The molecule has 3 atom stereocenters. The maximum absolute atomic E-state index is 6.37. The van der Waals surface area contributed by atoms with Crippen LogP contribution in [-0.4, -0.2) is 13.6 Å². The van der Waals surface area contributed by atoms with Crippen molar-refractivity contribution in [3.63, 3.8) is 0 Å². The lowest BCUT2D eigenvalue weighted by Crippen LogP contribution is -2.39. The molecular formula is C16H21Cl2N. The van der Waals surface area contributed by atoms with Crippen LogP contribution in [0.5, 0.6) is 0 Å². The van der Waals surface area contributed by atoms with Gasteiger partial charge in [0, 0.05) is 16.6 Å². The van der Waals surface area contributed by atoms with Gasteiger partial charge in [-0.1, -0.05) is 35.7 Å². The smallest absolute Gasteiger partial charge is 0.0453 e. The molecule has 2 fully saturated rings. The summed E-state index contributed by atoms with van der Waals surface area (Å²) in [5.41, 5.74) is 1.67. The summed E-state index contributed by atoms with van der Waals surface area (Å²) < 4.78 is 0. The number of fused-ring (bicyclic) bond motifs is 2. The van der Waals surface area contributed by atoms with Crippen LogP contribution in [0, 0.1) is 17.3 Å². The highest BCUT2D eigenvalue weighted by atomic mass is 35.5. The third kappa shape index (κ3) is 2.53. The van der Waals surface area contributed by atoms with Crippen LogP contribution in [0.1, 0.15) is 31.2 Å². The second kappa shape index (κ2) is 5.27. The molecule has 0 amide bonds. The maximum atomic E-state index is 6.37. The van der Waals surface area contributed by atoms with Crippen molar-refractivity contribution in [2.75, 3.05) is 13.6 Å². The van der Waals surface area contributed by atoms with Crippen molar-refractivity contribution >= 4 is 23.2 Å². The molecule has 1 aromatic rings. The monoisotopic (exact) mass is 297 g/mol. The van der Waals surface area contributed by atoms with Crippen LogP contribution in [0.4, 0.5) is 0 Å². The molecule has 2 bridgehead atoms. The van der Waals surface area contributed by atoms with Crippen LogP contribution < -0.4 is 5.32 Å². The molecule has 0 spiro atoms. The van der Waals surface area contributed by atoms with Crippen LogP contribution in [0.3, 0.4) is 0 Å². The maximum Gasteiger partial charge on any atom is 0.0453 e. The molecule has 0 heterocycles. The first-order chi connectivity index (χ1) is 9.13. The Morgan fingerprint density at radius 2 is 2.16 bits per heavy atom. The summed E-state index contributed by atoms with van der Waals surface area (Å²) in [5.74, 6) is 1.82. The Morgan fingerprint density at radius 1 is 1.32 bits per heavy atom. The second-order valence-corrected chi connectivity index (χ2v) is 7.23. The Kier molecular flexibility index (Phi) is 3.81. The highest BCUT2D eigenvalue weighted by Gasteiger charge is 2.50. The molecule has 1 N–H and O–H groups in total. The van der Waals surface area contributed by atoms with Crippen LogP contribution in [0.2, 0.25) is 10.0 Å². The summed E-state index contributed by atoms with van der Waals surface area (Å²) in [7, 11) is 2.07. The number of rotatable bonds is 4. The molecule has 1 nitrogen and oxygen atoms in total. The van der Waals surface area contributed by atoms with Gasteiger partial charge >= 0.3 is 0 Å². The van der Waals surface area contributed by atoms with E-state index in [1.54, 1.807) is 0 Å². The zero-order valence-corrected chi connectivity index (χ0v) is 12.9. The van der Waals surface area contributed by atoms with Crippen molar-refractivity contribution in [2.24, 2.45) is 17.3 Å². The number of nitrogens with one attached hydrogen (secondary N) is 1.